The molecule has 0 heterocycles. The van der Waals surface area contributed by atoms with E-state index in [0.29, 0.717) is 25.9 Å². The second-order valence-corrected chi connectivity index (χ2v) is 7.59. The van der Waals surface area contributed by atoms with Gasteiger partial charge in [-0.2, -0.15) is 0 Å². The summed E-state index contributed by atoms with van der Waals surface area (Å²) in [6, 6.07) is 6.94. The van der Waals surface area contributed by atoms with Crippen LogP contribution in [-0.4, -0.2) is 17.7 Å². The number of carbonyl (C=O) groups excluding carboxylic acids is 1. The minimum Gasteiger partial charge on any atom is -0.508 e. The number of phenolic OH excluding ortho intramolecular Hbond substituents is 1. The number of aromatic hydroxyl groups is 1. The Labute approximate surface area is 200 Å². The zero-order valence-corrected chi connectivity index (χ0v) is 20.1. The van der Waals surface area contributed by atoms with Gasteiger partial charge in [-0.15, -0.1) is 0 Å². The Kier molecular flexibility index (Phi) is 17.6. The first-order valence-corrected chi connectivity index (χ1v) is 12.1. The average Bonchev–Trinajstić information content (AvgIpc) is 2.82. The van der Waals surface area contributed by atoms with Crippen molar-refractivity contribution in [3.05, 3.63) is 103 Å². The summed E-state index contributed by atoms with van der Waals surface area (Å²) in [5, 5.41) is 9.25. The zero-order valence-electron chi connectivity index (χ0n) is 20.1. The van der Waals surface area contributed by atoms with E-state index in [0.717, 1.165) is 44.1 Å². The second-order valence-electron chi connectivity index (χ2n) is 7.59. The van der Waals surface area contributed by atoms with Crippen LogP contribution in [0.5, 0.6) is 5.75 Å². The van der Waals surface area contributed by atoms with Crippen LogP contribution in [0.2, 0.25) is 0 Å². The predicted molar refractivity (Wildman–Crippen MR) is 140 cm³/mol. The minimum atomic E-state index is -0.173. The fourth-order valence-electron chi connectivity index (χ4n) is 2.86. The van der Waals surface area contributed by atoms with Gasteiger partial charge in [0.1, 0.15) is 5.75 Å². The fraction of sp³-hybridized carbons (Fsp3) is 0.367. The average molecular weight is 449 g/mol. The van der Waals surface area contributed by atoms with E-state index >= 15 is 0 Å². The van der Waals surface area contributed by atoms with E-state index < -0.39 is 0 Å². The van der Waals surface area contributed by atoms with Crippen molar-refractivity contribution in [1.82, 2.24) is 0 Å². The van der Waals surface area contributed by atoms with Gasteiger partial charge in [-0.25, -0.2) is 0 Å². The SMILES string of the molecule is CC/C=C/C/C=C/C/C=C/C/C=C/C/C=C/C/C=C/CCC(=O)OCCc1ccc(O)cc1. The molecule has 0 unspecified atom stereocenters. The van der Waals surface area contributed by atoms with Crippen LogP contribution in [0, 0.1) is 0 Å². The molecule has 0 aliphatic carbocycles. The van der Waals surface area contributed by atoms with Gasteiger partial charge in [0.05, 0.1) is 6.61 Å². The molecule has 0 aliphatic rings. The number of carbonyl (C=O) groups is 1. The van der Waals surface area contributed by atoms with Gasteiger partial charge in [0.25, 0.3) is 0 Å². The van der Waals surface area contributed by atoms with Gasteiger partial charge in [0.15, 0.2) is 0 Å². The molecule has 1 aromatic carbocycles. The number of rotatable bonds is 17. The van der Waals surface area contributed by atoms with Gasteiger partial charge in [0.2, 0.25) is 0 Å². The molecule has 1 aromatic rings. The fourth-order valence-corrected chi connectivity index (χ4v) is 2.86. The second kappa shape index (κ2) is 20.8. The van der Waals surface area contributed by atoms with Crippen molar-refractivity contribution in [2.75, 3.05) is 6.61 Å². The maximum absolute atomic E-state index is 11.7. The molecule has 0 aromatic heterocycles. The lowest BCUT2D eigenvalue weighted by molar-refractivity contribution is -0.143. The number of phenols is 1. The number of benzene rings is 1. The predicted octanol–water partition coefficient (Wildman–Crippen LogP) is 7.96. The van der Waals surface area contributed by atoms with Gasteiger partial charge in [-0.3, -0.25) is 4.79 Å². The summed E-state index contributed by atoms with van der Waals surface area (Å²) in [5.74, 6) is 0.0698. The van der Waals surface area contributed by atoms with E-state index in [9.17, 15) is 9.90 Å². The van der Waals surface area contributed by atoms with Gasteiger partial charge in [-0.1, -0.05) is 92.0 Å². The number of hydrogen-bond acceptors (Lipinski definition) is 3. The van der Waals surface area contributed by atoms with Crippen molar-refractivity contribution in [3.63, 3.8) is 0 Å². The van der Waals surface area contributed by atoms with Crippen molar-refractivity contribution >= 4 is 5.97 Å². The lowest BCUT2D eigenvalue weighted by Gasteiger charge is -2.04. The molecule has 1 rings (SSSR count). The van der Waals surface area contributed by atoms with E-state index in [2.05, 4.69) is 73.8 Å². The maximum atomic E-state index is 11.7. The summed E-state index contributed by atoms with van der Waals surface area (Å²) < 4.78 is 5.25. The highest BCUT2D eigenvalue weighted by Crippen LogP contribution is 2.10. The Morgan fingerprint density at radius 2 is 1.18 bits per heavy atom. The lowest BCUT2D eigenvalue weighted by atomic mass is 10.1. The van der Waals surface area contributed by atoms with E-state index in [1.165, 1.54) is 0 Å². The number of allylic oxidation sites excluding steroid dienone is 12. The third-order valence-electron chi connectivity index (χ3n) is 4.70. The van der Waals surface area contributed by atoms with Gasteiger partial charge >= 0.3 is 5.97 Å². The van der Waals surface area contributed by atoms with Crippen LogP contribution in [0.1, 0.15) is 63.9 Å². The molecular weight excluding hydrogens is 408 g/mol. The van der Waals surface area contributed by atoms with Crippen LogP contribution in [0.15, 0.2) is 97.2 Å². The van der Waals surface area contributed by atoms with Crippen LogP contribution >= 0.6 is 0 Å². The lowest BCUT2D eigenvalue weighted by Crippen LogP contribution is -2.07. The topological polar surface area (TPSA) is 46.5 Å². The molecule has 178 valence electrons. The summed E-state index contributed by atoms with van der Waals surface area (Å²) in [4.78, 5) is 11.7. The van der Waals surface area contributed by atoms with Gasteiger partial charge in [0, 0.05) is 12.8 Å². The van der Waals surface area contributed by atoms with Crippen LogP contribution in [0.25, 0.3) is 0 Å². The molecule has 3 nitrogen and oxygen atoms in total. The summed E-state index contributed by atoms with van der Waals surface area (Å²) in [6.45, 7) is 2.52. The monoisotopic (exact) mass is 448 g/mol. The number of esters is 1. The van der Waals surface area contributed by atoms with E-state index in [1.807, 2.05) is 18.2 Å². The third-order valence-corrected chi connectivity index (χ3v) is 4.70. The van der Waals surface area contributed by atoms with Crippen LogP contribution < -0.4 is 0 Å². The quantitative estimate of drug-likeness (QED) is 0.194. The van der Waals surface area contributed by atoms with Crippen LogP contribution in [-0.2, 0) is 16.0 Å². The number of hydrogen-bond donors (Lipinski definition) is 1. The molecular formula is C30H40O3. The molecule has 0 saturated heterocycles. The molecule has 33 heavy (non-hydrogen) atoms. The Balaban J connectivity index is 1.97. The standard InChI is InChI=1S/C30H40O3/c1-2-3-4-5-6-7-8-9-10-11-12-13-14-15-16-17-18-19-20-21-30(32)33-27-26-28-22-24-29(31)25-23-28/h3-4,6-7,9-10,12-13,15-16,18-19,22-25,31H,2,5,8,11,14,17,20-21,26-27H2,1H3/b4-3+,7-6+,10-9+,13-12+,16-15+,19-18+. The molecule has 0 bridgehead atoms. The van der Waals surface area contributed by atoms with Crippen molar-refractivity contribution in [2.45, 2.75) is 64.7 Å². The molecule has 0 fully saturated rings. The molecule has 0 spiro atoms. The molecule has 0 aliphatic heterocycles. The zero-order chi connectivity index (χ0) is 23.8. The Morgan fingerprint density at radius 1 is 0.727 bits per heavy atom. The van der Waals surface area contributed by atoms with Crippen molar-refractivity contribution in [3.8, 4) is 5.75 Å². The molecule has 3 heteroatoms. The van der Waals surface area contributed by atoms with Crippen molar-refractivity contribution in [1.29, 1.82) is 0 Å². The Bertz CT molecular complexity index is 792. The highest BCUT2D eigenvalue weighted by Gasteiger charge is 2.01. The smallest absolute Gasteiger partial charge is 0.306 e. The summed E-state index contributed by atoms with van der Waals surface area (Å²) in [6.07, 6.45) is 33.7. The highest BCUT2D eigenvalue weighted by atomic mass is 16.5. The van der Waals surface area contributed by atoms with Gasteiger partial charge in [-0.05, 0) is 62.6 Å². The van der Waals surface area contributed by atoms with Gasteiger partial charge < -0.3 is 9.84 Å². The third kappa shape index (κ3) is 18.2. The molecule has 0 radical (unpaired) electrons. The first kappa shape index (κ1) is 28.0. The molecule has 1 N–H and O–H groups in total. The summed E-state index contributed by atoms with van der Waals surface area (Å²) in [7, 11) is 0. The largest absolute Gasteiger partial charge is 0.508 e. The normalized spacial score (nSPS) is 12.5. The summed E-state index contributed by atoms with van der Waals surface area (Å²) >= 11 is 0. The molecule has 0 amide bonds. The van der Waals surface area contributed by atoms with Crippen LogP contribution in [0.4, 0.5) is 0 Å². The highest BCUT2D eigenvalue weighted by molar-refractivity contribution is 5.69. The van der Waals surface area contributed by atoms with Crippen molar-refractivity contribution < 1.29 is 14.6 Å². The first-order valence-electron chi connectivity index (χ1n) is 12.1. The number of ether oxygens (including phenoxy) is 1. The molecule has 0 saturated carbocycles. The molecule has 0 atom stereocenters. The van der Waals surface area contributed by atoms with E-state index in [1.54, 1.807) is 12.1 Å². The first-order chi connectivity index (χ1) is 16.2. The maximum Gasteiger partial charge on any atom is 0.306 e. The van der Waals surface area contributed by atoms with E-state index in [-0.39, 0.29) is 11.7 Å². The Hall–Kier alpha value is -3.07. The summed E-state index contributed by atoms with van der Waals surface area (Å²) in [5.41, 5.74) is 1.04. The van der Waals surface area contributed by atoms with Crippen LogP contribution in [0.3, 0.4) is 0 Å². The Morgan fingerprint density at radius 3 is 1.67 bits per heavy atom. The van der Waals surface area contributed by atoms with Crippen molar-refractivity contribution in [2.24, 2.45) is 0 Å². The van der Waals surface area contributed by atoms with E-state index in [4.69, 9.17) is 4.74 Å². The minimum absolute atomic E-state index is 0.173.